The summed E-state index contributed by atoms with van der Waals surface area (Å²) in [4.78, 5) is 37.5. The highest BCUT2D eigenvalue weighted by Gasteiger charge is 2.22. The van der Waals surface area contributed by atoms with Crippen molar-refractivity contribution in [1.82, 2.24) is 0 Å². The minimum absolute atomic E-state index is 0.152. The Labute approximate surface area is 529 Å². The standard InChI is InChI=1S/C76H147NO8/c1-6-8-10-12-14-16-18-20-22-24-26-28-30-31-32-33-34-35-36-37-38-39-40-41-42-43-45-46-48-50-52-54-56-58-60-62-64-66-73(78)83-70-72(71-84-76(75(80)81)82-69-68-77(3,4)5)85-74(79)67-65-63-61-59-57-55-53-51-49-47-44-29-27-25-23-21-19-17-15-13-11-9-7-2/h25,27,72,76H,6-24,26,28-71H2,1-5H3/b27-25-. The van der Waals surface area contributed by atoms with E-state index in [9.17, 15) is 19.5 Å². The molecule has 0 bridgehead atoms. The first-order valence-corrected chi connectivity index (χ1v) is 37.8. The molecule has 0 aromatic carbocycles. The van der Waals surface area contributed by atoms with Crippen LogP contribution in [0.2, 0.25) is 0 Å². The van der Waals surface area contributed by atoms with Crippen molar-refractivity contribution in [3.05, 3.63) is 12.2 Å². The number of aliphatic carboxylic acids is 1. The van der Waals surface area contributed by atoms with Gasteiger partial charge in [-0.05, 0) is 38.5 Å². The zero-order valence-electron chi connectivity index (χ0n) is 57.8. The smallest absolute Gasteiger partial charge is 0.306 e. The lowest BCUT2D eigenvalue weighted by atomic mass is 10.0. The summed E-state index contributed by atoms with van der Waals surface area (Å²) in [5.41, 5.74) is 0. The van der Waals surface area contributed by atoms with E-state index in [0.717, 1.165) is 38.5 Å². The van der Waals surface area contributed by atoms with Gasteiger partial charge in [0.25, 0.3) is 0 Å². The van der Waals surface area contributed by atoms with E-state index in [-0.39, 0.29) is 32.2 Å². The van der Waals surface area contributed by atoms with Crippen LogP contribution in [0, 0.1) is 0 Å². The molecule has 0 heterocycles. The Bertz CT molecular complexity index is 1400. The maximum atomic E-state index is 12.9. The Balaban J connectivity index is 3.95. The Morgan fingerprint density at radius 2 is 0.600 bits per heavy atom. The molecule has 0 spiro atoms. The number of carboxylic acid groups (broad SMARTS) is 1. The zero-order chi connectivity index (χ0) is 61.9. The summed E-state index contributed by atoms with van der Waals surface area (Å²) in [6.07, 6.45) is 80.5. The highest BCUT2D eigenvalue weighted by Crippen LogP contribution is 2.20. The SMILES string of the molecule is CCCCCCCCCC/C=C\CCCCCCCCCCCCCC(=O)OC(COC(=O)CCCCCCCCCCCCCCCCCCCCCCCCCCCCCCCCCCCCCCC)COC(OCC[N+](C)(C)C)C(=O)[O-]. The topological polar surface area (TPSA) is 111 Å². The van der Waals surface area contributed by atoms with Gasteiger partial charge >= 0.3 is 11.9 Å². The molecule has 0 rings (SSSR count). The van der Waals surface area contributed by atoms with E-state index in [1.807, 2.05) is 21.1 Å². The Morgan fingerprint density at radius 1 is 0.341 bits per heavy atom. The predicted molar refractivity (Wildman–Crippen MR) is 362 cm³/mol. The number of carbonyl (C=O) groups is 3. The van der Waals surface area contributed by atoms with Gasteiger partial charge in [-0.15, -0.1) is 0 Å². The van der Waals surface area contributed by atoms with E-state index < -0.39 is 24.3 Å². The van der Waals surface area contributed by atoms with E-state index in [0.29, 0.717) is 17.4 Å². The molecule has 0 saturated heterocycles. The molecular formula is C76H147NO8. The van der Waals surface area contributed by atoms with E-state index in [1.54, 1.807) is 0 Å². The van der Waals surface area contributed by atoms with Gasteiger partial charge in [-0.25, -0.2) is 0 Å². The van der Waals surface area contributed by atoms with Gasteiger partial charge in [0.1, 0.15) is 13.2 Å². The van der Waals surface area contributed by atoms with Gasteiger partial charge in [-0.1, -0.05) is 360 Å². The lowest BCUT2D eigenvalue weighted by Gasteiger charge is -2.26. The molecule has 0 N–H and O–H groups in total. The van der Waals surface area contributed by atoms with Gasteiger partial charge in [-0.3, -0.25) is 9.59 Å². The third kappa shape index (κ3) is 69.4. The molecule has 2 atom stereocenters. The van der Waals surface area contributed by atoms with Crippen LogP contribution in [-0.2, 0) is 33.3 Å². The molecule has 504 valence electrons. The van der Waals surface area contributed by atoms with Crippen molar-refractivity contribution in [2.75, 3.05) is 47.5 Å². The molecule has 0 aliphatic rings. The number of hydrogen-bond donors (Lipinski definition) is 0. The van der Waals surface area contributed by atoms with Crippen LogP contribution < -0.4 is 5.11 Å². The number of likely N-dealkylation sites (N-methyl/N-ethyl adjacent to an activating group) is 1. The fourth-order valence-electron chi connectivity index (χ4n) is 11.7. The fraction of sp³-hybridized carbons (Fsp3) is 0.934. The number of rotatable bonds is 72. The number of hydrogen-bond acceptors (Lipinski definition) is 8. The third-order valence-electron chi connectivity index (χ3n) is 17.5. The molecule has 0 amide bonds. The van der Waals surface area contributed by atoms with Gasteiger partial charge in [0.15, 0.2) is 12.4 Å². The maximum Gasteiger partial charge on any atom is 0.306 e. The highest BCUT2D eigenvalue weighted by atomic mass is 16.7. The summed E-state index contributed by atoms with van der Waals surface area (Å²) in [7, 11) is 5.95. The van der Waals surface area contributed by atoms with Crippen LogP contribution in [0.5, 0.6) is 0 Å². The normalized spacial score (nSPS) is 12.6. The molecule has 0 aromatic rings. The zero-order valence-corrected chi connectivity index (χ0v) is 57.8. The van der Waals surface area contributed by atoms with Crippen LogP contribution >= 0.6 is 0 Å². The van der Waals surface area contributed by atoms with Crippen molar-refractivity contribution < 1.29 is 42.9 Å². The van der Waals surface area contributed by atoms with Crippen LogP contribution in [-0.4, -0.2) is 82.3 Å². The predicted octanol–water partition coefficient (Wildman–Crippen LogP) is 22.3. The van der Waals surface area contributed by atoms with Gasteiger partial charge in [0.2, 0.25) is 0 Å². The first-order chi connectivity index (χ1) is 41.6. The maximum absolute atomic E-state index is 12.9. The van der Waals surface area contributed by atoms with Crippen molar-refractivity contribution in [1.29, 1.82) is 0 Å². The monoisotopic (exact) mass is 1200 g/mol. The minimum atomic E-state index is -1.62. The van der Waals surface area contributed by atoms with Crippen molar-refractivity contribution in [2.24, 2.45) is 0 Å². The molecule has 2 unspecified atom stereocenters. The van der Waals surface area contributed by atoms with Crippen LogP contribution in [0.25, 0.3) is 0 Å². The largest absolute Gasteiger partial charge is 0.545 e. The lowest BCUT2D eigenvalue weighted by Crippen LogP contribution is -2.44. The average Bonchev–Trinajstić information content (AvgIpc) is 3.49. The van der Waals surface area contributed by atoms with E-state index in [2.05, 4.69) is 26.0 Å². The van der Waals surface area contributed by atoms with Gasteiger partial charge in [-0.2, -0.15) is 0 Å². The minimum Gasteiger partial charge on any atom is -0.545 e. The number of nitrogens with zero attached hydrogens (tertiary/aromatic N) is 1. The molecule has 0 aliphatic carbocycles. The summed E-state index contributed by atoms with van der Waals surface area (Å²) >= 11 is 0. The molecular weight excluding hydrogens is 1050 g/mol. The van der Waals surface area contributed by atoms with Gasteiger partial charge in [0, 0.05) is 12.8 Å². The molecule has 0 aromatic heterocycles. The van der Waals surface area contributed by atoms with Crippen LogP contribution in [0.4, 0.5) is 0 Å². The summed E-state index contributed by atoms with van der Waals surface area (Å²) in [6.45, 7) is 4.83. The van der Waals surface area contributed by atoms with Crippen molar-refractivity contribution in [2.45, 2.75) is 411 Å². The Hall–Kier alpha value is -1.97. The van der Waals surface area contributed by atoms with Gasteiger partial charge in [0.05, 0.1) is 40.3 Å². The summed E-state index contributed by atoms with van der Waals surface area (Å²) in [6, 6.07) is 0. The Kier molecular flexibility index (Phi) is 66.4. The second kappa shape index (κ2) is 68.0. The number of unbranched alkanes of at least 4 members (excludes halogenated alkanes) is 55. The number of quaternary nitrogens is 1. The second-order valence-corrected chi connectivity index (χ2v) is 27.3. The van der Waals surface area contributed by atoms with Crippen LogP contribution in [0.3, 0.4) is 0 Å². The Morgan fingerprint density at radius 3 is 0.871 bits per heavy atom. The molecule has 0 fully saturated rings. The summed E-state index contributed by atoms with van der Waals surface area (Å²) < 4.78 is 22.8. The quantitative estimate of drug-likeness (QED) is 0.0195. The van der Waals surface area contributed by atoms with Crippen molar-refractivity contribution in [3.8, 4) is 0 Å². The molecule has 9 heteroatoms. The number of esters is 2. The first-order valence-electron chi connectivity index (χ1n) is 37.8. The van der Waals surface area contributed by atoms with E-state index in [1.165, 1.54) is 334 Å². The highest BCUT2D eigenvalue weighted by molar-refractivity contribution is 5.70. The lowest BCUT2D eigenvalue weighted by molar-refractivity contribution is -0.870. The summed E-state index contributed by atoms with van der Waals surface area (Å²) in [5.74, 6) is -2.25. The number of ether oxygens (including phenoxy) is 4. The molecule has 0 radical (unpaired) electrons. The number of allylic oxidation sites excluding steroid dienone is 2. The van der Waals surface area contributed by atoms with Crippen molar-refractivity contribution in [3.63, 3.8) is 0 Å². The third-order valence-corrected chi connectivity index (χ3v) is 17.5. The first kappa shape index (κ1) is 83.0. The van der Waals surface area contributed by atoms with Crippen LogP contribution in [0.15, 0.2) is 12.2 Å². The van der Waals surface area contributed by atoms with E-state index in [4.69, 9.17) is 18.9 Å². The molecule has 0 aliphatic heterocycles. The van der Waals surface area contributed by atoms with Gasteiger partial charge < -0.3 is 33.3 Å². The number of carbonyl (C=O) groups excluding carboxylic acids is 3. The molecule has 85 heavy (non-hydrogen) atoms. The van der Waals surface area contributed by atoms with E-state index >= 15 is 0 Å². The van der Waals surface area contributed by atoms with Crippen LogP contribution in [0.1, 0.15) is 399 Å². The number of carboxylic acids is 1. The molecule has 9 nitrogen and oxygen atoms in total. The average molecular weight is 1200 g/mol. The van der Waals surface area contributed by atoms with Crippen molar-refractivity contribution >= 4 is 17.9 Å². The fourth-order valence-corrected chi connectivity index (χ4v) is 11.7. The second-order valence-electron chi connectivity index (χ2n) is 27.3. The molecule has 0 saturated carbocycles. The summed E-state index contributed by atoms with van der Waals surface area (Å²) in [5, 5.41) is 11.8.